The normalized spacial score (nSPS) is 12.7. The fourth-order valence-electron chi connectivity index (χ4n) is 7.76. The van der Waals surface area contributed by atoms with Gasteiger partial charge in [-0.2, -0.15) is 0 Å². The Labute approximate surface area is 309 Å². The minimum absolute atomic E-state index is 0.630. The summed E-state index contributed by atoms with van der Waals surface area (Å²) in [6.07, 6.45) is 16.6. The Balaban J connectivity index is 1.27. The van der Waals surface area contributed by atoms with Crippen LogP contribution in [-0.4, -0.2) is 14.5 Å². The van der Waals surface area contributed by atoms with Crippen molar-refractivity contribution >= 4 is 56.7 Å². The van der Waals surface area contributed by atoms with Crippen molar-refractivity contribution in [1.29, 1.82) is 0 Å². The van der Waals surface area contributed by atoms with Crippen LogP contribution in [-0.2, 0) is 0 Å². The zero-order chi connectivity index (χ0) is 35.7. The summed E-state index contributed by atoms with van der Waals surface area (Å²) < 4.78 is 2.32. The summed E-state index contributed by atoms with van der Waals surface area (Å²) in [5.41, 5.74) is 10.4. The Hall–Kier alpha value is -6.96. The van der Waals surface area contributed by atoms with E-state index < -0.39 is 0 Å². The number of fused-ring (bicyclic) bond motifs is 3. The fraction of sp³-hybridized carbons (Fsp3) is 0.0612. The van der Waals surface area contributed by atoms with Gasteiger partial charge in [0, 0.05) is 45.2 Å². The van der Waals surface area contributed by atoms with Gasteiger partial charge < -0.3 is 4.57 Å². The highest BCUT2D eigenvalue weighted by Gasteiger charge is 2.24. The van der Waals surface area contributed by atoms with Crippen molar-refractivity contribution in [2.75, 3.05) is 4.90 Å². The van der Waals surface area contributed by atoms with Crippen LogP contribution in [0.4, 0.5) is 11.6 Å². The molecule has 8 aromatic rings. The van der Waals surface area contributed by atoms with E-state index in [0.717, 1.165) is 68.6 Å². The molecule has 0 spiro atoms. The zero-order valence-corrected chi connectivity index (χ0v) is 29.4. The maximum atomic E-state index is 6.36. The van der Waals surface area contributed by atoms with Crippen molar-refractivity contribution in [3.05, 3.63) is 185 Å². The third-order valence-electron chi connectivity index (χ3n) is 10.2. The molecule has 0 aliphatic heterocycles. The lowest BCUT2D eigenvalue weighted by atomic mass is 9.99. The lowest BCUT2D eigenvalue weighted by Crippen LogP contribution is -2.35. The van der Waals surface area contributed by atoms with E-state index in [0.29, 0.717) is 5.95 Å². The molecule has 2 heterocycles. The first-order valence-electron chi connectivity index (χ1n) is 18.0. The highest BCUT2D eigenvalue weighted by molar-refractivity contribution is 6.00. The van der Waals surface area contributed by atoms with Crippen LogP contribution < -0.4 is 15.3 Å². The lowest BCUT2D eigenvalue weighted by Gasteiger charge is -2.29. The number of aromatic nitrogens is 3. The average molecular weight is 681 g/mol. The van der Waals surface area contributed by atoms with Gasteiger partial charge in [-0.25, -0.2) is 9.97 Å². The number of rotatable bonds is 7. The molecule has 0 bridgehead atoms. The molecule has 6 aromatic carbocycles. The highest BCUT2D eigenvalue weighted by Crippen LogP contribution is 2.39. The van der Waals surface area contributed by atoms with E-state index in [1.807, 2.05) is 30.6 Å². The van der Waals surface area contributed by atoms with Crippen molar-refractivity contribution in [1.82, 2.24) is 14.5 Å². The van der Waals surface area contributed by atoms with Crippen molar-refractivity contribution in [2.24, 2.45) is 0 Å². The third kappa shape index (κ3) is 5.69. The van der Waals surface area contributed by atoms with E-state index in [4.69, 9.17) is 16.4 Å². The topological polar surface area (TPSA) is 34.0 Å². The SMILES string of the molecule is C#Cc1c(/C=C(\C)c2ccccc2N(C2=c3ccccc3=CCC2)c2ncc(-c3ccccc3)cn2)n(-c2cccc3ccccc23)c2ccccc12. The molecule has 0 atom stereocenters. The number of hydrogen-bond donors (Lipinski definition) is 0. The van der Waals surface area contributed by atoms with E-state index in [1.165, 1.54) is 26.9 Å². The van der Waals surface area contributed by atoms with Crippen LogP contribution in [0.15, 0.2) is 158 Å². The second-order valence-electron chi connectivity index (χ2n) is 13.3. The van der Waals surface area contributed by atoms with Crippen LogP contribution in [0.5, 0.6) is 0 Å². The second-order valence-corrected chi connectivity index (χ2v) is 13.3. The monoisotopic (exact) mass is 680 g/mol. The first-order valence-corrected chi connectivity index (χ1v) is 18.0. The van der Waals surface area contributed by atoms with Crippen molar-refractivity contribution in [3.8, 4) is 29.2 Å². The number of hydrogen-bond acceptors (Lipinski definition) is 3. The first kappa shape index (κ1) is 32.0. The summed E-state index contributed by atoms with van der Waals surface area (Å²) >= 11 is 0. The molecular weight excluding hydrogens is 645 g/mol. The van der Waals surface area contributed by atoms with Gasteiger partial charge >= 0.3 is 0 Å². The molecule has 1 aliphatic rings. The molecule has 4 heteroatoms. The molecule has 0 saturated heterocycles. The van der Waals surface area contributed by atoms with Gasteiger partial charge in [0.05, 0.1) is 28.1 Å². The molecule has 2 aromatic heterocycles. The van der Waals surface area contributed by atoms with Crippen LogP contribution in [0, 0.1) is 12.3 Å². The van der Waals surface area contributed by atoms with Gasteiger partial charge in [-0.1, -0.05) is 139 Å². The number of allylic oxidation sites excluding steroid dienone is 1. The van der Waals surface area contributed by atoms with Gasteiger partial charge in [-0.05, 0) is 65.8 Å². The van der Waals surface area contributed by atoms with E-state index in [1.54, 1.807) is 0 Å². The molecule has 0 fully saturated rings. The van der Waals surface area contributed by atoms with Crippen molar-refractivity contribution in [2.45, 2.75) is 19.8 Å². The minimum atomic E-state index is 0.630. The summed E-state index contributed by atoms with van der Waals surface area (Å²) in [6.45, 7) is 2.18. The van der Waals surface area contributed by atoms with Crippen LogP contribution in [0.1, 0.15) is 36.6 Å². The van der Waals surface area contributed by atoms with Gasteiger partial charge in [0.25, 0.3) is 0 Å². The predicted molar refractivity (Wildman–Crippen MR) is 221 cm³/mol. The minimum Gasteiger partial charge on any atom is -0.308 e. The molecule has 9 rings (SSSR count). The van der Waals surface area contributed by atoms with Crippen molar-refractivity contribution < 1.29 is 0 Å². The quantitative estimate of drug-likeness (QED) is 0.157. The smallest absolute Gasteiger partial charge is 0.234 e. The molecule has 252 valence electrons. The number of para-hydroxylation sites is 2. The molecular formula is C49H36N4. The largest absolute Gasteiger partial charge is 0.308 e. The van der Waals surface area contributed by atoms with Crippen LogP contribution in [0.25, 0.3) is 61.9 Å². The lowest BCUT2D eigenvalue weighted by molar-refractivity contribution is 0.987. The molecule has 0 radical (unpaired) electrons. The predicted octanol–water partition coefficient (Wildman–Crippen LogP) is 10.3. The molecule has 0 saturated carbocycles. The fourth-order valence-corrected chi connectivity index (χ4v) is 7.76. The number of nitrogens with zero attached hydrogens (tertiary/aromatic N) is 4. The summed E-state index contributed by atoms with van der Waals surface area (Å²) in [4.78, 5) is 12.3. The van der Waals surface area contributed by atoms with Crippen LogP contribution >= 0.6 is 0 Å². The second kappa shape index (κ2) is 13.6. The van der Waals surface area contributed by atoms with Gasteiger partial charge in [0.1, 0.15) is 0 Å². The molecule has 4 nitrogen and oxygen atoms in total. The number of anilines is 2. The Morgan fingerprint density at radius 1 is 0.717 bits per heavy atom. The Bertz CT molecular complexity index is 2850. The maximum Gasteiger partial charge on any atom is 0.234 e. The van der Waals surface area contributed by atoms with Crippen LogP contribution in [0.2, 0.25) is 0 Å². The summed E-state index contributed by atoms with van der Waals surface area (Å²) in [5, 5.41) is 5.81. The van der Waals surface area contributed by atoms with E-state index >= 15 is 0 Å². The Morgan fingerprint density at radius 3 is 2.26 bits per heavy atom. The molecule has 0 amide bonds. The standard InChI is InChI=1S/C49H36N4/c1-3-39-43-26-12-14-28-47(43)52(45-29-15-21-36-19-7-9-24-41(36)45)48(39)31-34(2)40-23-11-13-27-44(40)53(46-30-16-22-37-20-8-10-25-42(37)46)49-50-32-38(33-51-49)35-17-5-4-6-18-35/h1,4-15,17-29,31-33H,16,30H2,2H3/b34-31+. The van der Waals surface area contributed by atoms with Gasteiger partial charge in [0.2, 0.25) is 5.95 Å². The van der Waals surface area contributed by atoms with Crippen LogP contribution in [0.3, 0.4) is 0 Å². The van der Waals surface area contributed by atoms with E-state index in [2.05, 4.69) is 162 Å². The van der Waals surface area contributed by atoms with E-state index in [9.17, 15) is 0 Å². The molecule has 53 heavy (non-hydrogen) atoms. The zero-order valence-electron chi connectivity index (χ0n) is 29.4. The summed E-state index contributed by atoms with van der Waals surface area (Å²) in [6, 6.07) is 50.9. The Morgan fingerprint density at radius 2 is 1.42 bits per heavy atom. The van der Waals surface area contributed by atoms with E-state index in [-0.39, 0.29) is 0 Å². The number of benzene rings is 6. The van der Waals surface area contributed by atoms with Gasteiger partial charge in [-0.3, -0.25) is 4.90 Å². The molecule has 1 aliphatic carbocycles. The number of terminal acetylenes is 1. The van der Waals surface area contributed by atoms with Crippen molar-refractivity contribution in [3.63, 3.8) is 0 Å². The third-order valence-corrected chi connectivity index (χ3v) is 10.2. The Kier molecular flexibility index (Phi) is 8.23. The van der Waals surface area contributed by atoms with Gasteiger partial charge in [-0.15, -0.1) is 6.42 Å². The summed E-state index contributed by atoms with van der Waals surface area (Å²) in [7, 11) is 0. The highest BCUT2D eigenvalue weighted by atomic mass is 15.3. The summed E-state index contributed by atoms with van der Waals surface area (Å²) in [5.74, 6) is 3.71. The maximum absolute atomic E-state index is 6.36. The molecule has 0 N–H and O–H groups in total. The van der Waals surface area contributed by atoms with Gasteiger partial charge in [0.15, 0.2) is 0 Å². The average Bonchev–Trinajstić information content (AvgIpc) is 3.54. The molecule has 0 unspecified atom stereocenters. The first-order chi connectivity index (χ1) is 26.2.